The molecule has 164 valence electrons. The number of benzene rings is 2. The number of hydrogen-bond acceptors (Lipinski definition) is 5. The molecule has 0 aromatic heterocycles. The van der Waals surface area contributed by atoms with E-state index in [1.165, 1.54) is 16.4 Å². The van der Waals surface area contributed by atoms with E-state index in [2.05, 4.69) is 21.2 Å². The predicted molar refractivity (Wildman–Crippen MR) is 121 cm³/mol. The van der Waals surface area contributed by atoms with E-state index in [0.717, 1.165) is 4.47 Å². The van der Waals surface area contributed by atoms with Crippen LogP contribution in [0.1, 0.15) is 27.7 Å². The number of halogens is 1. The van der Waals surface area contributed by atoms with E-state index in [0.29, 0.717) is 24.6 Å². The van der Waals surface area contributed by atoms with Gasteiger partial charge in [-0.05, 0) is 50.2 Å². The summed E-state index contributed by atoms with van der Waals surface area (Å²) in [5, 5.41) is 2.70. The minimum atomic E-state index is -3.67. The van der Waals surface area contributed by atoms with Crippen molar-refractivity contribution in [2.75, 3.05) is 25.0 Å². The third-order valence-corrected chi connectivity index (χ3v) is 6.64. The van der Waals surface area contributed by atoms with Gasteiger partial charge in [-0.3, -0.25) is 4.79 Å². The summed E-state index contributed by atoms with van der Waals surface area (Å²) in [6, 6.07) is 11.6. The summed E-state index contributed by atoms with van der Waals surface area (Å²) in [5.41, 5.74) is 0.278. The molecule has 0 aliphatic heterocycles. The first-order valence-electron chi connectivity index (χ1n) is 9.66. The molecule has 1 N–H and O–H groups in total. The number of nitrogens with one attached hydrogen (secondary N) is 1. The van der Waals surface area contributed by atoms with E-state index in [-0.39, 0.29) is 23.3 Å². The zero-order chi connectivity index (χ0) is 22.3. The average molecular weight is 499 g/mol. The number of hydrogen-bond donors (Lipinski definition) is 1. The molecule has 1 amide bonds. The van der Waals surface area contributed by atoms with Gasteiger partial charge in [0.05, 0.1) is 16.7 Å². The van der Waals surface area contributed by atoms with E-state index in [1.54, 1.807) is 38.1 Å². The quantitative estimate of drug-likeness (QED) is 0.528. The Bertz CT molecular complexity index is 975. The number of sulfonamides is 1. The molecule has 2 aromatic rings. The fraction of sp³-hybridized carbons (Fsp3) is 0.381. The van der Waals surface area contributed by atoms with Gasteiger partial charge in [-0.1, -0.05) is 35.8 Å². The number of ether oxygens (including phenoxy) is 2. The minimum Gasteiger partial charge on any atom is -0.489 e. The molecule has 0 heterocycles. The zero-order valence-corrected chi connectivity index (χ0v) is 19.9. The van der Waals surface area contributed by atoms with Crippen LogP contribution in [0.2, 0.25) is 0 Å². The van der Waals surface area contributed by atoms with Gasteiger partial charge >= 0.3 is 0 Å². The minimum absolute atomic E-state index is 0.0884. The second kappa shape index (κ2) is 10.8. The Morgan fingerprint density at radius 3 is 2.43 bits per heavy atom. The molecular weight excluding hydrogens is 472 g/mol. The van der Waals surface area contributed by atoms with Crippen LogP contribution in [0.5, 0.6) is 11.5 Å². The van der Waals surface area contributed by atoms with E-state index < -0.39 is 15.9 Å². The fourth-order valence-electron chi connectivity index (χ4n) is 2.73. The van der Waals surface area contributed by atoms with Crippen molar-refractivity contribution in [1.29, 1.82) is 0 Å². The van der Waals surface area contributed by atoms with Gasteiger partial charge in [-0.25, -0.2) is 8.42 Å². The monoisotopic (exact) mass is 498 g/mol. The van der Waals surface area contributed by atoms with Gasteiger partial charge < -0.3 is 14.8 Å². The van der Waals surface area contributed by atoms with Gasteiger partial charge in [-0.2, -0.15) is 4.31 Å². The highest BCUT2D eigenvalue weighted by Crippen LogP contribution is 2.30. The molecule has 9 heteroatoms. The van der Waals surface area contributed by atoms with E-state index in [1.807, 2.05) is 19.9 Å². The highest BCUT2D eigenvalue weighted by Gasteiger charge is 2.23. The van der Waals surface area contributed by atoms with Gasteiger partial charge in [0.1, 0.15) is 11.5 Å². The second-order valence-electron chi connectivity index (χ2n) is 6.71. The summed E-state index contributed by atoms with van der Waals surface area (Å²) in [5.74, 6) is 0.497. The maximum Gasteiger partial charge on any atom is 0.262 e. The topological polar surface area (TPSA) is 84.9 Å². The first kappa shape index (κ1) is 24.2. The van der Waals surface area contributed by atoms with Crippen molar-refractivity contribution in [3.8, 4) is 11.5 Å². The summed E-state index contributed by atoms with van der Waals surface area (Å²) >= 11 is 3.35. The molecule has 0 saturated heterocycles. The van der Waals surface area contributed by atoms with Crippen LogP contribution in [0.4, 0.5) is 5.69 Å². The molecule has 0 aliphatic carbocycles. The molecular formula is C21H27BrN2O5S. The number of rotatable bonds is 10. The highest BCUT2D eigenvalue weighted by atomic mass is 79.9. The number of nitrogens with zero attached hydrogens (tertiary/aromatic N) is 1. The molecule has 0 atom stereocenters. The summed E-state index contributed by atoms with van der Waals surface area (Å²) in [6.45, 7) is 7.73. The summed E-state index contributed by atoms with van der Waals surface area (Å²) < 4.78 is 39.1. The number of carbonyl (C=O) groups is 1. The molecule has 30 heavy (non-hydrogen) atoms. The van der Waals surface area contributed by atoms with Crippen molar-refractivity contribution in [3.63, 3.8) is 0 Å². The van der Waals surface area contributed by atoms with Crippen molar-refractivity contribution >= 4 is 37.5 Å². The van der Waals surface area contributed by atoms with Crippen LogP contribution in [0, 0.1) is 0 Å². The largest absolute Gasteiger partial charge is 0.489 e. The molecule has 0 bridgehead atoms. The fourth-order valence-corrected chi connectivity index (χ4v) is 4.59. The molecule has 2 aromatic carbocycles. The van der Waals surface area contributed by atoms with Crippen molar-refractivity contribution in [1.82, 2.24) is 4.31 Å². The third-order valence-electron chi connectivity index (χ3n) is 4.10. The van der Waals surface area contributed by atoms with Crippen molar-refractivity contribution in [2.45, 2.75) is 38.7 Å². The maximum atomic E-state index is 12.9. The predicted octanol–water partition coefficient (Wildman–Crippen LogP) is 4.28. The third kappa shape index (κ3) is 6.45. The lowest BCUT2D eigenvalue weighted by Crippen LogP contribution is -2.30. The second-order valence-corrected chi connectivity index (χ2v) is 9.56. The Kier molecular flexibility index (Phi) is 8.69. The van der Waals surface area contributed by atoms with Gasteiger partial charge in [-0.15, -0.1) is 0 Å². The van der Waals surface area contributed by atoms with Gasteiger partial charge in [0, 0.05) is 17.6 Å². The average Bonchev–Trinajstić information content (AvgIpc) is 2.68. The molecule has 0 aliphatic rings. The van der Waals surface area contributed by atoms with E-state index in [4.69, 9.17) is 9.47 Å². The van der Waals surface area contributed by atoms with Gasteiger partial charge in [0.25, 0.3) is 5.91 Å². The molecule has 7 nitrogen and oxygen atoms in total. The normalized spacial score (nSPS) is 11.6. The molecule has 0 spiro atoms. The molecule has 2 rings (SSSR count). The van der Waals surface area contributed by atoms with Crippen LogP contribution < -0.4 is 14.8 Å². The summed E-state index contributed by atoms with van der Waals surface area (Å²) in [7, 11) is -3.67. The Balaban J connectivity index is 2.25. The molecule has 0 fully saturated rings. The summed E-state index contributed by atoms with van der Waals surface area (Å²) in [4.78, 5) is 12.5. The standard InChI is InChI=1S/C21H27BrN2O5S/c1-5-24(6-2)30(26,27)18-10-11-20(29-15(3)4)19(13-18)23-21(25)14-28-17-9-7-8-16(22)12-17/h7-13,15H,5-6,14H2,1-4H3,(H,23,25). The highest BCUT2D eigenvalue weighted by molar-refractivity contribution is 9.10. The maximum absolute atomic E-state index is 12.9. The number of anilines is 1. The van der Waals surface area contributed by atoms with Crippen molar-refractivity contribution in [2.24, 2.45) is 0 Å². The smallest absolute Gasteiger partial charge is 0.262 e. The van der Waals surface area contributed by atoms with Crippen LogP contribution >= 0.6 is 15.9 Å². The Morgan fingerprint density at radius 2 is 1.83 bits per heavy atom. The Labute approximate surface area is 186 Å². The van der Waals surface area contributed by atoms with E-state index >= 15 is 0 Å². The molecule has 0 unspecified atom stereocenters. The Hall–Kier alpha value is -2.10. The SMILES string of the molecule is CCN(CC)S(=O)(=O)c1ccc(OC(C)C)c(NC(=O)COc2cccc(Br)c2)c1. The van der Waals surface area contributed by atoms with E-state index in [9.17, 15) is 13.2 Å². The van der Waals surface area contributed by atoms with Gasteiger partial charge in [0.15, 0.2) is 6.61 Å². The van der Waals surface area contributed by atoms with Crippen LogP contribution in [-0.2, 0) is 14.8 Å². The number of carbonyl (C=O) groups excluding carboxylic acids is 1. The summed E-state index contributed by atoms with van der Waals surface area (Å²) in [6.07, 6.45) is -0.149. The van der Waals surface area contributed by atoms with Crippen molar-refractivity contribution in [3.05, 3.63) is 46.9 Å². The van der Waals surface area contributed by atoms with Crippen LogP contribution in [0.15, 0.2) is 51.8 Å². The lowest BCUT2D eigenvalue weighted by Gasteiger charge is -2.20. The lowest BCUT2D eigenvalue weighted by atomic mass is 10.3. The van der Waals surface area contributed by atoms with Gasteiger partial charge in [0.2, 0.25) is 10.0 Å². The Morgan fingerprint density at radius 1 is 1.13 bits per heavy atom. The lowest BCUT2D eigenvalue weighted by molar-refractivity contribution is -0.118. The van der Waals surface area contributed by atoms with Crippen LogP contribution in [0.25, 0.3) is 0 Å². The first-order valence-corrected chi connectivity index (χ1v) is 11.9. The van der Waals surface area contributed by atoms with Crippen molar-refractivity contribution < 1.29 is 22.7 Å². The van der Waals surface area contributed by atoms with Crippen LogP contribution in [0.3, 0.4) is 0 Å². The van der Waals surface area contributed by atoms with Crippen LogP contribution in [-0.4, -0.2) is 44.4 Å². The molecule has 0 radical (unpaired) electrons. The molecule has 0 saturated carbocycles. The first-order chi connectivity index (χ1) is 14.2. The number of amides is 1. The zero-order valence-electron chi connectivity index (χ0n) is 17.5.